The summed E-state index contributed by atoms with van der Waals surface area (Å²) in [5.41, 5.74) is 0. The molecule has 0 aliphatic carbocycles. The van der Waals surface area contributed by atoms with Crippen molar-refractivity contribution >= 4 is 28.3 Å². The van der Waals surface area contributed by atoms with Crippen molar-refractivity contribution in [2.75, 3.05) is 0 Å². The van der Waals surface area contributed by atoms with Gasteiger partial charge in [0.15, 0.2) is 0 Å². The van der Waals surface area contributed by atoms with Crippen molar-refractivity contribution < 1.29 is 11.1 Å². The van der Waals surface area contributed by atoms with Gasteiger partial charge < -0.3 is 30.8 Å². The first-order valence-electron chi connectivity index (χ1n) is 0.252. The van der Waals surface area contributed by atoms with Crippen LogP contribution in [0.3, 0.4) is 0 Å². The molecule has 0 aliphatic rings. The van der Waals surface area contributed by atoms with E-state index in [1.165, 1.54) is 0 Å². The Morgan fingerprint density at radius 2 is 0.750 bits per heavy atom. The predicted molar refractivity (Wildman–Crippen MR) is 43.2 cm³/mol. The maximum Gasteiger partial charge on any atom is -0.693 e. The van der Waals surface area contributed by atoms with Gasteiger partial charge in [-0.2, -0.15) is 0 Å². The summed E-state index contributed by atoms with van der Waals surface area (Å²) in [5, 5.41) is 0. The van der Waals surface area contributed by atoms with Crippen LogP contribution in [0.25, 0.3) is 6.15 Å². The summed E-state index contributed by atoms with van der Waals surface area (Å²) in [6.45, 7) is 0. The monoisotopic (exact) mass is 301 g/mol. The van der Waals surface area contributed by atoms with Crippen molar-refractivity contribution in [3.63, 3.8) is 0 Å². The molecule has 0 unspecified atom stereocenters. The van der Waals surface area contributed by atoms with Crippen LogP contribution in [0.2, 0.25) is 0 Å². The molecule has 8 heteroatoms. The first-order valence-corrected chi connectivity index (χ1v) is 5.40. The summed E-state index contributed by atoms with van der Waals surface area (Å²) in [4.78, 5) is 0. The molecule has 0 radical (unpaired) electrons. The fraction of sp³-hybridized carbons (Fsp3) is 0. The van der Waals surface area contributed by atoms with Crippen LogP contribution >= 0.6 is 28.3 Å². The second-order valence-electron chi connectivity index (χ2n) is 0.0476. The molecule has 0 bridgehead atoms. The third kappa shape index (κ3) is 178. The van der Waals surface area contributed by atoms with Crippen LogP contribution in [0.15, 0.2) is 0 Å². The molecule has 5 nitrogen and oxygen atoms in total. The summed E-state index contributed by atoms with van der Waals surface area (Å²) in [5.74, 6) is 0. The van der Waals surface area contributed by atoms with Gasteiger partial charge in [-0.15, -0.1) is 0 Å². The minimum Gasteiger partial charge on any atom is -0.693 e. The smallest absolute Gasteiger partial charge is 0.693 e. The van der Waals surface area contributed by atoms with E-state index in [9.17, 15) is 0 Å². The van der Waals surface area contributed by atoms with Gasteiger partial charge >= 0.3 is 39.5 Å². The molecule has 0 rings (SSSR count). The van der Waals surface area contributed by atoms with Gasteiger partial charge in [-0.05, 0) is 0 Å². The molecule has 0 saturated carbocycles. The molecule has 62 valence electrons. The zero-order valence-electron chi connectivity index (χ0n) is 4.50. The Hall–Kier alpha value is 1.27. The molecular formula is H14Br2CoN5. The average molecular weight is 303 g/mol. The number of hydrogen-bond acceptors (Lipinski definition) is 4. The Morgan fingerprint density at radius 1 is 0.750 bits per heavy atom. The standard InChI is InChI=1S/2BrH.Co.4H3N.H2N/h2*1H;;4*1H3;1H2/q;;+3;;;;;-1/p-2. The SMILES string of the molecule is N.N.N.N.[Br][Co+][Br].[NH2-]. The Morgan fingerprint density at radius 3 is 0.750 bits per heavy atom. The fourth-order valence-corrected chi connectivity index (χ4v) is 0. The van der Waals surface area contributed by atoms with E-state index >= 15 is 0 Å². The van der Waals surface area contributed by atoms with Gasteiger partial charge in [0, 0.05) is 0 Å². The summed E-state index contributed by atoms with van der Waals surface area (Å²) >= 11 is 7.12. The van der Waals surface area contributed by atoms with Crippen LogP contribution in [0, 0.1) is 0 Å². The molecule has 0 heterocycles. The van der Waals surface area contributed by atoms with E-state index in [2.05, 4.69) is 28.3 Å². The molecule has 0 spiro atoms. The largest absolute Gasteiger partial charge is 0.693 e. The molecular weight excluding hydrogens is 289 g/mol. The molecule has 8 heavy (non-hydrogen) atoms. The van der Waals surface area contributed by atoms with Crippen molar-refractivity contribution in [3.8, 4) is 0 Å². The second-order valence-corrected chi connectivity index (χ2v) is 5.30. The summed E-state index contributed by atoms with van der Waals surface area (Å²) in [6.07, 6.45) is 0. The van der Waals surface area contributed by atoms with Crippen LogP contribution in [0.4, 0.5) is 0 Å². The van der Waals surface area contributed by atoms with Crippen LogP contribution < -0.4 is 24.6 Å². The van der Waals surface area contributed by atoms with Crippen molar-refractivity contribution in [2.24, 2.45) is 0 Å². The van der Waals surface area contributed by atoms with Crippen LogP contribution in [0.1, 0.15) is 0 Å². The predicted octanol–water partition coefficient (Wildman–Crippen LogP) is 3.05. The van der Waals surface area contributed by atoms with Gasteiger partial charge in [0.25, 0.3) is 0 Å². The van der Waals surface area contributed by atoms with Gasteiger partial charge in [0.2, 0.25) is 0 Å². The minimum absolute atomic E-state index is 0. The zero-order chi connectivity index (χ0) is 2.71. The van der Waals surface area contributed by atoms with Gasteiger partial charge in [-0.25, -0.2) is 0 Å². The molecule has 0 saturated heterocycles. The molecule has 0 fully saturated rings. The fourth-order valence-electron chi connectivity index (χ4n) is 0. The first-order chi connectivity index (χ1) is 1.41. The normalized spacial score (nSPS) is 2.75. The number of nitrogens with two attached hydrogens (primary N) is 1. The Kier molecular flexibility index (Phi) is 630. The molecule has 0 aromatic heterocycles. The van der Waals surface area contributed by atoms with Crippen molar-refractivity contribution in [1.29, 1.82) is 0 Å². The van der Waals surface area contributed by atoms with E-state index in [0.29, 0.717) is 0 Å². The Balaban J connectivity index is -0.00000000200. The summed E-state index contributed by atoms with van der Waals surface area (Å²) in [6, 6.07) is 0. The minimum atomic E-state index is 0. The maximum absolute atomic E-state index is 3.03. The third-order valence-corrected chi connectivity index (χ3v) is 0. The molecule has 14 N–H and O–H groups in total. The third-order valence-electron chi connectivity index (χ3n) is 0. The van der Waals surface area contributed by atoms with E-state index in [1.807, 2.05) is 0 Å². The topological polar surface area (TPSA) is 174 Å². The van der Waals surface area contributed by atoms with E-state index in [4.69, 9.17) is 0 Å². The number of hydrogen-bond donors (Lipinski definition) is 4. The summed E-state index contributed by atoms with van der Waals surface area (Å²) < 4.78 is 0. The molecule has 0 aromatic rings. The van der Waals surface area contributed by atoms with E-state index in [1.54, 1.807) is 0 Å². The quantitative estimate of drug-likeness (QED) is 0.538. The number of halogens is 2. The van der Waals surface area contributed by atoms with E-state index < -0.39 is 0 Å². The first kappa shape index (κ1) is 59.3. The van der Waals surface area contributed by atoms with E-state index in [0.717, 1.165) is 11.1 Å². The molecule has 0 aliphatic heterocycles. The average Bonchev–Trinajstić information content (AvgIpc) is 0.918. The van der Waals surface area contributed by atoms with Crippen molar-refractivity contribution in [1.82, 2.24) is 24.6 Å². The van der Waals surface area contributed by atoms with Gasteiger partial charge in [-0.3, -0.25) is 0 Å². The number of rotatable bonds is 0. The molecule has 0 amide bonds. The van der Waals surface area contributed by atoms with Gasteiger partial charge in [-0.1, -0.05) is 0 Å². The van der Waals surface area contributed by atoms with Crippen LogP contribution in [0.5, 0.6) is 0 Å². The Labute approximate surface area is 70.1 Å². The molecule has 0 aromatic carbocycles. The second kappa shape index (κ2) is 85.0. The summed E-state index contributed by atoms with van der Waals surface area (Å²) in [7, 11) is 0. The van der Waals surface area contributed by atoms with E-state index in [-0.39, 0.29) is 30.8 Å². The molecule has 0 atom stereocenters. The maximum atomic E-state index is 3.03. The van der Waals surface area contributed by atoms with Crippen LogP contribution in [-0.4, -0.2) is 0 Å². The Bertz CT molecular complexity index is 10.4. The van der Waals surface area contributed by atoms with Crippen LogP contribution in [-0.2, 0) is 11.1 Å². The van der Waals surface area contributed by atoms with Gasteiger partial charge in [0.05, 0.1) is 0 Å². The van der Waals surface area contributed by atoms with Gasteiger partial charge in [0.1, 0.15) is 0 Å². The zero-order valence-corrected chi connectivity index (χ0v) is 8.71. The van der Waals surface area contributed by atoms with Crippen molar-refractivity contribution in [2.45, 2.75) is 0 Å². The van der Waals surface area contributed by atoms with Crippen molar-refractivity contribution in [3.05, 3.63) is 6.15 Å².